The average molecular weight is 423 g/mol. The Hall–Kier alpha value is -2.09. The van der Waals surface area contributed by atoms with Gasteiger partial charge in [-0.15, -0.1) is 0 Å². The standard InChI is InChI=1S/C20H23ClN2O4S/c21-18-7-1-2-8-19(18)23-28(25,26)17-6-3-5-16(13-17)20(24)22-11-4-12-27-14-15-9-10-15/h1-3,5-8,13,15,23H,4,9-12,14H2,(H,22,24). The molecule has 0 radical (unpaired) electrons. The van der Waals surface area contributed by atoms with E-state index < -0.39 is 10.0 Å². The van der Waals surface area contributed by atoms with Crippen molar-refractivity contribution in [1.29, 1.82) is 0 Å². The van der Waals surface area contributed by atoms with E-state index in [-0.39, 0.29) is 22.1 Å². The van der Waals surface area contributed by atoms with E-state index in [0.717, 1.165) is 12.5 Å². The third kappa shape index (κ3) is 5.95. The molecule has 3 rings (SSSR count). The molecule has 0 unspecified atom stereocenters. The molecule has 0 bridgehead atoms. The number of ether oxygens (including phenoxy) is 1. The van der Waals surface area contributed by atoms with Crippen LogP contribution in [0, 0.1) is 5.92 Å². The Labute approximate surface area is 170 Å². The summed E-state index contributed by atoms with van der Waals surface area (Å²) in [6.07, 6.45) is 3.22. The van der Waals surface area contributed by atoms with Crippen LogP contribution in [0.1, 0.15) is 29.6 Å². The largest absolute Gasteiger partial charge is 0.381 e. The average Bonchev–Trinajstić information content (AvgIpc) is 3.50. The molecule has 1 fully saturated rings. The van der Waals surface area contributed by atoms with Crippen molar-refractivity contribution in [3.8, 4) is 0 Å². The summed E-state index contributed by atoms with van der Waals surface area (Å²) in [6.45, 7) is 1.87. The van der Waals surface area contributed by atoms with Crippen LogP contribution >= 0.6 is 11.6 Å². The zero-order chi connectivity index (χ0) is 20.0. The van der Waals surface area contributed by atoms with Crippen LogP contribution in [0.5, 0.6) is 0 Å². The number of hydrogen-bond donors (Lipinski definition) is 2. The van der Waals surface area contributed by atoms with Gasteiger partial charge in [-0.05, 0) is 55.5 Å². The van der Waals surface area contributed by atoms with Crippen LogP contribution in [0.25, 0.3) is 0 Å². The van der Waals surface area contributed by atoms with E-state index >= 15 is 0 Å². The van der Waals surface area contributed by atoms with Crippen molar-refractivity contribution in [3.05, 3.63) is 59.1 Å². The van der Waals surface area contributed by atoms with E-state index in [9.17, 15) is 13.2 Å². The van der Waals surface area contributed by atoms with Crippen LogP contribution in [0.2, 0.25) is 5.02 Å². The lowest BCUT2D eigenvalue weighted by Gasteiger charge is -2.11. The molecule has 0 aliphatic heterocycles. The molecule has 0 aromatic heterocycles. The summed E-state index contributed by atoms with van der Waals surface area (Å²) < 4.78 is 33.2. The number of sulfonamides is 1. The molecule has 150 valence electrons. The summed E-state index contributed by atoms with van der Waals surface area (Å²) in [5, 5.41) is 3.08. The Morgan fingerprint density at radius 1 is 1.14 bits per heavy atom. The molecule has 0 atom stereocenters. The molecule has 0 spiro atoms. The highest BCUT2D eigenvalue weighted by atomic mass is 35.5. The molecule has 2 N–H and O–H groups in total. The van der Waals surface area contributed by atoms with Gasteiger partial charge >= 0.3 is 0 Å². The van der Waals surface area contributed by atoms with Gasteiger partial charge in [-0.25, -0.2) is 8.42 Å². The lowest BCUT2D eigenvalue weighted by molar-refractivity contribution is 0.0937. The summed E-state index contributed by atoms with van der Waals surface area (Å²) in [5.41, 5.74) is 0.561. The quantitative estimate of drug-likeness (QED) is 0.572. The smallest absolute Gasteiger partial charge is 0.261 e. The van der Waals surface area contributed by atoms with Gasteiger partial charge in [0.25, 0.3) is 15.9 Å². The Bertz CT molecular complexity index is 929. The van der Waals surface area contributed by atoms with Crippen molar-refractivity contribution in [2.75, 3.05) is 24.5 Å². The predicted molar refractivity (Wildman–Crippen MR) is 109 cm³/mol. The van der Waals surface area contributed by atoms with E-state index in [1.54, 1.807) is 30.3 Å². The zero-order valence-electron chi connectivity index (χ0n) is 15.4. The summed E-state index contributed by atoms with van der Waals surface area (Å²) in [7, 11) is -3.86. The molecule has 1 aliphatic carbocycles. The van der Waals surface area contributed by atoms with Gasteiger partial charge in [-0.3, -0.25) is 9.52 Å². The van der Waals surface area contributed by atoms with Crippen LogP contribution in [0.15, 0.2) is 53.4 Å². The first kappa shape index (κ1) is 20.6. The normalized spacial score (nSPS) is 13.9. The van der Waals surface area contributed by atoms with Gasteiger partial charge in [0.2, 0.25) is 0 Å². The van der Waals surface area contributed by atoms with Gasteiger partial charge in [0.1, 0.15) is 0 Å². The molecule has 28 heavy (non-hydrogen) atoms. The van der Waals surface area contributed by atoms with Crippen molar-refractivity contribution < 1.29 is 17.9 Å². The van der Waals surface area contributed by atoms with Gasteiger partial charge in [-0.2, -0.15) is 0 Å². The number of carbonyl (C=O) groups is 1. The minimum Gasteiger partial charge on any atom is -0.381 e. The number of benzene rings is 2. The fourth-order valence-electron chi connectivity index (χ4n) is 2.56. The van der Waals surface area contributed by atoms with E-state index in [0.29, 0.717) is 24.6 Å². The Kier molecular flexibility index (Phi) is 6.93. The Morgan fingerprint density at radius 3 is 2.68 bits per heavy atom. The molecule has 6 nitrogen and oxygen atoms in total. The molecule has 1 amide bonds. The van der Waals surface area contributed by atoms with E-state index in [1.807, 2.05) is 0 Å². The van der Waals surface area contributed by atoms with E-state index in [2.05, 4.69) is 10.0 Å². The molecular weight excluding hydrogens is 400 g/mol. The molecule has 1 saturated carbocycles. The summed E-state index contributed by atoms with van der Waals surface area (Å²) in [5.74, 6) is 0.399. The molecule has 1 aliphatic rings. The van der Waals surface area contributed by atoms with Crippen LogP contribution in [-0.2, 0) is 14.8 Å². The van der Waals surface area contributed by atoms with E-state index in [4.69, 9.17) is 16.3 Å². The highest BCUT2D eigenvalue weighted by molar-refractivity contribution is 7.92. The fraction of sp³-hybridized carbons (Fsp3) is 0.350. The summed E-state index contributed by atoms with van der Waals surface area (Å²) in [6, 6.07) is 12.4. The number of amides is 1. The van der Waals surface area contributed by atoms with Crippen LogP contribution in [0.3, 0.4) is 0 Å². The minimum atomic E-state index is -3.86. The number of rotatable bonds is 10. The molecule has 0 heterocycles. The van der Waals surface area contributed by atoms with Gasteiger partial charge in [-0.1, -0.05) is 29.8 Å². The summed E-state index contributed by atoms with van der Waals surface area (Å²) >= 11 is 6.01. The Balaban J connectivity index is 1.56. The number of nitrogens with one attached hydrogen (secondary N) is 2. The van der Waals surface area contributed by atoms with Crippen molar-refractivity contribution in [1.82, 2.24) is 5.32 Å². The second kappa shape index (κ2) is 9.41. The van der Waals surface area contributed by atoms with Crippen molar-refractivity contribution in [3.63, 3.8) is 0 Å². The first-order valence-corrected chi connectivity index (χ1v) is 11.1. The number of hydrogen-bond acceptors (Lipinski definition) is 4. The summed E-state index contributed by atoms with van der Waals surface area (Å²) in [4.78, 5) is 12.3. The van der Waals surface area contributed by atoms with Crippen LogP contribution in [-0.4, -0.2) is 34.1 Å². The maximum Gasteiger partial charge on any atom is 0.261 e. The zero-order valence-corrected chi connectivity index (χ0v) is 16.9. The highest BCUT2D eigenvalue weighted by Crippen LogP contribution is 2.28. The van der Waals surface area contributed by atoms with Gasteiger partial charge in [0.15, 0.2) is 0 Å². The number of para-hydroxylation sites is 1. The highest BCUT2D eigenvalue weighted by Gasteiger charge is 2.21. The second-order valence-electron chi connectivity index (χ2n) is 6.74. The molecule has 8 heteroatoms. The van der Waals surface area contributed by atoms with Gasteiger partial charge in [0, 0.05) is 25.3 Å². The monoisotopic (exact) mass is 422 g/mol. The SMILES string of the molecule is O=C(NCCCOCC1CC1)c1cccc(S(=O)(=O)Nc2ccccc2Cl)c1. The molecular formula is C20H23ClN2O4S. The third-order valence-corrected chi connectivity index (χ3v) is 6.02. The third-order valence-electron chi connectivity index (χ3n) is 4.33. The number of halogens is 1. The maximum absolute atomic E-state index is 12.6. The van der Waals surface area contributed by atoms with Crippen molar-refractivity contribution in [2.45, 2.75) is 24.2 Å². The minimum absolute atomic E-state index is 0.00663. The van der Waals surface area contributed by atoms with Crippen molar-refractivity contribution in [2.24, 2.45) is 5.92 Å². The van der Waals surface area contributed by atoms with Gasteiger partial charge < -0.3 is 10.1 Å². The molecule has 2 aromatic carbocycles. The fourth-order valence-corrected chi connectivity index (χ4v) is 3.93. The predicted octanol–water partition coefficient (Wildman–Crippen LogP) is 3.69. The number of anilines is 1. The second-order valence-corrected chi connectivity index (χ2v) is 8.83. The Morgan fingerprint density at radius 2 is 1.93 bits per heavy atom. The van der Waals surface area contributed by atoms with Crippen LogP contribution < -0.4 is 10.0 Å². The maximum atomic E-state index is 12.6. The van der Waals surface area contributed by atoms with Crippen molar-refractivity contribution >= 4 is 33.2 Å². The molecule has 0 saturated heterocycles. The first-order chi connectivity index (χ1) is 13.5. The molecule has 2 aromatic rings. The lowest BCUT2D eigenvalue weighted by Crippen LogP contribution is -2.25. The number of carbonyl (C=O) groups excluding carboxylic acids is 1. The van der Waals surface area contributed by atoms with E-state index in [1.165, 1.54) is 31.0 Å². The lowest BCUT2D eigenvalue weighted by atomic mass is 10.2. The van der Waals surface area contributed by atoms with Crippen LogP contribution in [0.4, 0.5) is 5.69 Å². The van der Waals surface area contributed by atoms with Gasteiger partial charge in [0.05, 0.1) is 15.6 Å². The topological polar surface area (TPSA) is 84.5 Å². The first-order valence-electron chi connectivity index (χ1n) is 9.19.